The van der Waals surface area contributed by atoms with Crippen LogP contribution in [0.4, 0.5) is 0 Å². The van der Waals surface area contributed by atoms with Gasteiger partial charge >= 0.3 is 5.97 Å². The fourth-order valence-corrected chi connectivity index (χ4v) is 3.20. The standard InChI is InChI=1S/C20H27NO2/c1-2-3-4-5-6-7-8-16-9-11-17(12-10-16)18-13-14-20(21,15-18)19(22)23/h9-12,18H,2-6,13-15,21H2,1H3,(H,22,23)/t18-,20+/m0/s1. The van der Waals surface area contributed by atoms with E-state index in [9.17, 15) is 9.90 Å². The number of carboxylic acids is 1. The first-order valence-corrected chi connectivity index (χ1v) is 8.66. The predicted octanol–water partition coefficient (Wildman–Crippen LogP) is 4.06. The van der Waals surface area contributed by atoms with E-state index in [1.54, 1.807) is 0 Å². The fourth-order valence-electron chi connectivity index (χ4n) is 3.20. The van der Waals surface area contributed by atoms with Gasteiger partial charge in [-0.1, -0.05) is 50.2 Å². The van der Waals surface area contributed by atoms with Gasteiger partial charge in [0.25, 0.3) is 0 Å². The molecule has 1 aromatic rings. The van der Waals surface area contributed by atoms with Crippen LogP contribution in [-0.2, 0) is 4.79 Å². The molecule has 0 bridgehead atoms. The van der Waals surface area contributed by atoms with Gasteiger partial charge in [0.05, 0.1) is 0 Å². The first-order chi connectivity index (χ1) is 11.0. The van der Waals surface area contributed by atoms with Crippen molar-refractivity contribution in [3.05, 3.63) is 35.4 Å². The number of carbonyl (C=O) groups is 1. The molecule has 3 nitrogen and oxygen atoms in total. The molecule has 0 aliphatic heterocycles. The lowest BCUT2D eigenvalue weighted by atomic mass is 9.93. The van der Waals surface area contributed by atoms with Crippen molar-refractivity contribution >= 4 is 5.97 Å². The summed E-state index contributed by atoms with van der Waals surface area (Å²) in [5, 5.41) is 9.21. The fraction of sp³-hybridized carbons (Fsp3) is 0.550. The zero-order valence-electron chi connectivity index (χ0n) is 14.0. The smallest absolute Gasteiger partial charge is 0.323 e. The van der Waals surface area contributed by atoms with Gasteiger partial charge < -0.3 is 10.8 Å². The van der Waals surface area contributed by atoms with Crippen LogP contribution in [0, 0.1) is 11.8 Å². The normalized spacial score (nSPS) is 23.3. The summed E-state index contributed by atoms with van der Waals surface area (Å²) in [4.78, 5) is 11.2. The Kier molecular flexibility index (Phi) is 6.24. The van der Waals surface area contributed by atoms with E-state index in [4.69, 9.17) is 5.73 Å². The molecule has 1 saturated carbocycles. The van der Waals surface area contributed by atoms with Crippen LogP contribution in [0.2, 0.25) is 0 Å². The quantitative estimate of drug-likeness (QED) is 0.615. The average molecular weight is 313 g/mol. The van der Waals surface area contributed by atoms with Gasteiger partial charge in [-0.05, 0) is 49.3 Å². The highest BCUT2D eigenvalue weighted by Crippen LogP contribution is 2.39. The molecule has 1 aliphatic carbocycles. The Balaban J connectivity index is 1.88. The van der Waals surface area contributed by atoms with E-state index < -0.39 is 11.5 Å². The van der Waals surface area contributed by atoms with Gasteiger partial charge in [-0.15, -0.1) is 0 Å². The summed E-state index contributed by atoms with van der Waals surface area (Å²) in [6.07, 6.45) is 7.84. The first-order valence-electron chi connectivity index (χ1n) is 8.66. The number of unbranched alkanes of at least 4 members (excludes halogenated alkanes) is 4. The average Bonchev–Trinajstić information content (AvgIpc) is 2.95. The van der Waals surface area contributed by atoms with Crippen molar-refractivity contribution in [1.29, 1.82) is 0 Å². The Hall–Kier alpha value is -1.79. The Bertz CT molecular complexity index is 582. The Morgan fingerprint density at radius 2 is 2.04 bits per heavy atom. The number of hydrogen-bond acceptors (Lipinski definition) is 2. The van der Waals surface area contributed by atoms with Crippen LogP contribution in [0.1, 0.15) is 75.3 Å². The lowest BCUT2D eigenvalue weighted by Crippen LogP contribution is -2.45. The van der Waals surface area contributed by atoms with Gasteiger partial charge in [0.1, 0.15) is 5.54 Å². The SMILES string of the molecule is CCCCCCC#Cc1ccc([C@H]2CC[C@](N)(C(=O)O)C2)cc1. The summed E-state index contributed by atoms with van der Waals surface area (Å²) in [5.74, 6) is 5.79. The third-order valence-electron chi connectivity index (χ3n) is 4.75. The number of nitrogens with two attached hydrogens (primary N) is 1. The molecule has 0 amide bonds. The summed E-state index contributed by atoms with van der Waals surface area (Å²) >= 11 is 0. The summed E-state index contributed by atoms with van der Waals surface area (Å²) < 4.78 is 0. The first kappa shape index (κ1) is 17.6. The maximum atomic E-state index is 11.2. The van der Waals surface area contributed by atoms with E-state index in [2.05, 4.69) is 30.9 Å². The van der Waals surface area contributed by atoms with Crippen LogP contribution in [0.3, 0.4) is 0 Å². The lowest BCUT2D eigenvalue weighted by molar-refractivity contribution is -0.143. The third kappa shape index (κ3) is 4.84. The molecule has 0 heterocycles. The highest BCUT2D eigenvalue weighted by molar-refractivity contribution is 5.79. The highest BCUT2D eigenvalue weighted by Gasteiger charge is 2.42. The number of benzene rings is 1. The van der Waals surface area contributed by atoms with E-state index in [1.807, 2.05) is 12.1 Å². The van der Waals surface area contributed by atoms with E-state index in [0.717, 1.165) is 18.4 Å². The number of aliphatic carboxylic acids is 1. The summed E-state index contributed by atoms with van der Waals surface area (Å²) in [7, 11) is 0. The van der Waals surface area contributed by atoms with Crippen molar-refractivity contribution in [2.75, 3.05) is 0 Å². The summed E-state index contributed by atoms with van der Waals surface area (Å²) in [5.41, 5.74) is 7.10. The second kappa shape index (κ2) is 8.17. The molecular formula is C20H27NO2. The molecule has 0 unspecified atom stereocenters. The van der Waals surface area contributed by atoms with E-state index >= 15 is 0 Å². The molecule has 0 aromatic heterocycles. The largest absolute Gasteiger partial charge is 0.480 e. The second-order valence-electron chi connectivity index (χ2n) is 6.64. The summed E-state index contributed by atoms with van der Waals surface area (Å²) in [6, 6.07) is 8.20. The monoisotopic (exact) mass is 313 g/mol. The van der Waals surface area contributed by atoms with Crippen molar-refractivity contribution in [1.82, 2.24) is 0 Å². The molecule has 0 saturated heterocycles. The molecule has 2 rings (SSSR count). The molecular weight excluding hydrogens is 286 g/mol. The van der Waals surface area contributed by atoms with Gasteiger partial charge in [0, 0.05) is 12.0 Å². The van der Waals surface area contributed by atoms with Gasteiger partial charge in [0.15, 0.2) is 0 Å². The molecule has 3 heteroatoms. The van der Waals surface area contributed by atoms with Crippen LogP contribution >= 0.6 is 0 Å². The zero-order valence-corrected chi connectivity index (χ0v) is 14.0. The molecule has 3 N–H and O–H groups in total. The van der Waals surface area contributed by atoms with Gasteiger partial charge in [-0.3, -0.25) is 4.79 Å². The minimum Gasteiger partial charge on any atom is -0.480 e. The minimum atomic E-state index is -1.05. The van der Waals surface area contributed by atoms with E-state index in [-0.39, 0.29) is 5.92 Å². The van der Waals surface area contributed by atoms with Gasteiger partial charge in [-0.25, -0.2) is 0 Å². The lowest BCUT2D eigenvalue weighted by Gasteiger charge is -2.18. The van der Waals surface area contributed by atoms with E-state index in [1.165, 1.54) is 31.2 Å². The van der Waals surface area contributed by atoms with Gasteiger partial charge in [-0.2, -0.15) is 0 Å². The molecule has 2 atom stereocenters. The van der Waals surface area contributed by atoms with Crippen LogP contribution in [-0.4, -0.2) is 16.6 Å². The zero-order chi connectivity index (χ0) is 16.7. The van der Waals surface area contributed by atoms with Crippen LogP contribution < -0.4 is 5.73 Å². The Labute approximate surface area is 139 Å². The van der Waals surface area contributed by atoms with Crippen molar-refractivity contribution in [3.8, 4) is 11.8 Å². The van der Waals surface area contributed by atoms with Crippen molar-refractivity contribution in [2.24, 2.45) is 5.73 Å². The maximum absolute atomic E-state index is 11.2. The predicted molar refractivity (Wildman–Crippen MR) is 93.2 cm³/mol. The second-order valence-corrected chi connectivity index (χ2v) is 6.64. The molecule has 0 spiro atoms. The molecule has 23 heavy (non-hydrogen) atoms. The maximum Gasteiger partial charge on any atom is 0.323 e. The molecule has 1 fully saturated rings. The Morgan fingerprint density at radius 1 is 1.30 bits per heavy atom. The van der Waals surface area contributed by atoms with Crippen molar-refractivity contribution in [2.45, 2.75) is 69.7 Å². The molecule has 1 aliphatic rings. The highest BCUT2D eigenvalue weighted by atomic mass is 16.4. The summed E-state index contributed by atoms with van der Waals surface area (Å²) in [6.45, 7) is 2.21. The number of rotatable bonds is 6. The van der Waals surface area contributed by atoms with Crippen molar-refractivity contribution < 1.29 is 9.90 Å². The van der Waals surface area contributed by atoms with Crippen LogP contribution in [0.15, 0.2) is 24.3 Å². The molecule has 0 radical (unpaired) electrons. The number of hydrogen-bond donors (Lipinski definition) is 2. The minimum absolute atomic E-state index is 0.243. The topological polar surface area (TPSA) is 63.3 Å². The van der Waals surface area contributed by atoms with Crippen LogP contribution in [0.5, 0.6) is 0 Å². The van der Waals surface area contributed by atoms with Crippen molar-refractivity contribution in [3.63, 3.8) is 0 Å². The van der Waals surface area contributed by atoms with Gasteiger partial charge in [0.2, 0.25) is 0 Å². The number of carboxylic acid groups (broad SMARTS) is 1. The Morgan fingerprint density at radius 3 is 2.65 bits per heavy atom. The van der Waals surface area contributed by atoms with E-state index in [0.29, 0.717) is 12.8 Å². The molecule has 124 valence electrons. The third-order valence-corrected chi connectivity index (χ3v) is 4.75. The molecule has 1 aromatic carbocycles. The van der Waals surface area contributed by atoms with Crippen LogP contribution in [0.25, 0.3) is 0 Å².